The standard InChI is InChI=1S/C20H18N4O3/c25-20(22-10-14-4-2-1-3-5-14)16-9-19(24-12-23-16)21-11-15-6-7-17-18(8-15)27-13-26-17/h1-9,12H,10-11,13H2,(H,22,25)(H,21,23,24). The minimum absolute atomic E-state index is 0.243. The van der Waals surface area contributed by atoms with Gasteiger partial charge in [0.2, 0.25) is 6.79 Å². The van der Waals surface area contributed by atoms with E-state index in [1.54, 1.807) is 6.07 Å². The van der Waals surface area contributed by atoms with Crippen molar-refractivity contribution in [3.8, 4) is 11.5 Å². The van der Waals surface area contributed by atoms with Crippen LogP contribution in [0.15, 0.2) is 60.9 Å². The molecule has 0 aliphatic carbocycles. The Kier molecular flexibility index (Phi) is 4.82. The average molecular weight is 362 g/mol. The second-order valence-electron chi connectivity index (χ2n) is 6.00. The van der Waals surface area contributed by atoms with E-state index in [0.29, 0.717) is 24.6 Å². The summed E-state index contributed by atoms with van der Waals surface area (Å²) in [5, 5.41) is 6.05. The number of anilines is 1. The van der Waals surface area contributed by atoms with Gasteiger partial charge in [0.15, 0.2) is 11.5 Å². The van der Waals surface area contributed by atoms with E-state index < -0.39 is 0 Å². The Morgan fingerprint density at radius 1 is 0.926 bits per heavy atom. The number of benzene rings is 2. The Bertz CT molecular complexity index is 947. The van der Waals surface area contributed by atoms with E-state index in [4.69, 9.17) is 9.47 Å². The number of carbonyl (C=O) groups excluding carboxylic acids is 1. The summed E-state index contributed by atoms with van der Waals surface area (Å²) < 4.78 is 10.7. The van der Waals surface area contributed by atoms with Gasteiger partial charge in [-0.1, -0.05) is 36.4 Å². The number of rotatable bonds is 6. The molecule has 2 aromatic carbocycles. The number of hydrogen-bond donors (Lipinski definition) is 2. The maximum Gasteiger partial charge on any atom is 0.270 e. The molecule has 2 N–H and O–H groups in total. The van der Waals surface area contributed by atoms with E-state index in [1.807, 2.05) is 48.5 Å². The molecule has 1 amide bonds. The Hall–Kier alpha value is -3.61. The first kappa shape index (κ1) is 16.8. The molecule has 0 saturated heterocycles. The van der Waals surface area contributed by atoms with Crippen LogP contribution in [-0.2, 0) is 13.1 Å². The molecule has 2 heterocycles. The number of fused-ring (bicyclic) bond motifs is 1. The number of aromatic nitrogens is 2. The van der Waals surface area contributed by atoms with Crippen molar-refractivity contribution in [3.05, 3.63) is 77.7 Å². The first-order chi connectivity index (χ1) is 13.3. The van der Waals surface area contributed by atoms with Gasteiger partial charge in [0.25, 0.3) is 5.91 Å². The molecule has 1 aliphatic heterocycles. The van der Waals surface area contributed by atoms with Gasteiger partial charge in [-0.3, -0.25) is 4.79 Å². The summed E-state index contributed by atoms with van der Waals surface area (Å²) in [5.74, 6) is 1.82. The van der Waals surface area contributed by atoms with Gasteiger partial charge in [-0.2, -0.15) is 0 Å². The molecular formula is C20H18N4O3. The van der Waals surface area contributed by atoms with Gasteiger partial charge in [-0.05, 0) is 23.3 Å². The second kappa shape index (κ2) is 7.74. The molecule has 0 atom stereocenters. The van der Waals surface area contributed by atoms with Crippen LogP contribution >= 0.6 is 0 Å². The Morgan fingerprint density at radius 2 is 1.78 bits per heavy atom. The first-order valence-electron chi connectivity index (χ1n) is 8.54. The molecule has 3 aromatic rings. The summed E-state index contributed by atoms with van der Waals surface area (Å²) in [6.07, 6.45) is 1.37. The number of nitrogens with zero attached hydrogens (tertiary/aromatic N) is 2. The van der Waals surface area contributed by atoms with Crippen molar-refractivity contribution in [1.82, 2.24) is 15.3 Å². The molecule has 0 saturated carbocycles. The lowest BCUT2D eigenvalue weighted by Gasteiger charge is -2.08. The number of ether oxygens (including phenoxy) is 2. The summed E-state index contributed by atoms with van der Waals surface area (Å²) in [5.41, 5.74) is 2.36. The molecule has 0 fully saturated rings. The zero-order valence-electron chi connectivity index (χ0n) is 14.5. The predicted molar refractivity (Wildman–Crippen MR) is 99.5 cm³/mol. The van der Waals surface area contributed by atoms with Crippen LogP contribution in [0.3, 0.4) is 0 Å². The van der Waals surface area contributed by atoms with Gasteiger partial charge < -0.3 is 20.1 Å². The van der Waals surface area contributed by atoms with Crippen molar-refractivity contribution >= 4 is 11.7 Å². The molecule has 27 heavy (non-hydrogen) atoms. The van der Waals surface area contributed by atoms with Crippen LogP contribution in [0.2, 0.25) is 0 Å². The van der Waals surface area contributed by atoms with Gasteiger partial charge in [0.1, 0.15) is 17.8 Å². The van der Waals surface area contributed by atoms with Gasteiger partial charge in [0.05, 0.1) is 0 Å². The van der Waals surface area contributed by atoms with Crippen molar-refractivity contribution in [2.24, 2.45) is 0 Å². The molecule has 0 unspecified atom stereocenters. The van der Waals surface area contributed by atoms with Gasteiger partial charge in [-0.25, -0.2) is 9.97 Å². The van der Waals surface area contributed by atoms with Crippen LogP contribution in [0.4, 0.5) is 5.82 Å². The highest BCUT2D eigenvalue weighted by atomic mass is 16.7. The topological polar surface area (TPSA) is 85.4 Å². The molecule has 4 rings (SSSR count). The highest BCUT2D eigenvalue weighted by Crippen LogP contribution is 2.32. The summed E-state index contributed by atoms with van der Waals surface area (Å²) in [7, 11) is 0. The second-order valence-corrected chi connectivity index (χ2v) is 6.00. The molecule has 0 radical (unpaired) electrons. The first-order valence-corrected chi connectivity index (χ1v) is 8.54. The minimum Gasteiger partial charge on any atom is -0.454 e. The lowest BCUT2D eigenvalue weighted by Crippen LogP contribution is -2.24. The fourth-order valence-electron chi connectivity index (χ4n) is 2.69. The van der Waals surface area contributed by atoms with Crippen molar-refractivity contribution in [2.45, 2.75) is 13.1 Å². The predicted octanol–water partition coefficient (Wildman–Crippen LogP) is 2.75. The monoisotopic (exact) mass is 362 g/mol. The van der Waals surface area contributed by atoms with Crippen molar-refractivity contribution in [1.29, 1.82) is 0 Å². The molecule has 0 spiro atoms. The number of carbonyl (C=O) groups is 1. The normalized spacial score (nSPS) is 11.9. The molecule has 0 bridgehead atoms. The third-order valence-electron chi connectivity index (χ3n) is 4.11. The maximum absolute atomic E-state index is 12.3. The highest BCUT2D eigenvalue weighted by Gasteiger charge is 2.13. The third kappa shape index (κ3) is 4.14. The van der Waals surface area contributed by atoms with Crippen LogP contribution < -0.4 is 20.1 Å². The van der Waals surface area contributed by atoms with E-state index >= 15 is 0 Å². The van der Waals surface area contributed by atoms with Gasteiger partial charge in [0, 0.05) is 19.2 Å². The van der Waals surface area contributed by atoms with Crippen LogP contribution in [0, 0.1) is 0 Å². The Labute approximate surface area is 156 Å². The van der Waals surface area contributed by atoms with Crippen molar-refractivity contribution in [2.75, 3.05) is 12.1 Å². The van der Waals surface area contributed by atoms with Crippen LogP contribution in [0.5, 0.6) is 11.5 Å². The number of hydrogen-bond acceptors (Lipinski definition) is 6. The van der Waals surface area contributed by atoms with Crippen LogP contribution in [-0.4, -0.2) is 22.7 Å². The van der Waals surface area contributed by atoms with Crippen LogP contribution in [0.1, 0.15) is 21.6 Å². The van der Waals surface area contributed by atoms with E-state index in [2.05, 4.69) is 20.6 Å². The maximum atomic E-state index is 12.3. The minimum atomic E-state index is -0.243. The van der Waals surface area contributed by atoms with E-state index in [9.17, 15) is 4.79 Å². The number of nitrogens with one attached hydrogen (secondary N) is 2. The smallest absolute Gasteiger partial charge is 0.270 e. The summed E-state index contributed by atoms with van der Waals surface area (Å²) >= 11 is 0. The van der Waals surface area contributed by atoms with Gasteiger partial charge >= 0.3 is 0 Å². The average Bonchev–Trinajstić information content (AvgIpc) is 3.19. The Balaban J connectivity index is 1.36. The number of amides is 1. The summed E-state index contributed by atoms with van der Waals surface area (Å²) in [6, 6.07) is 17.1. The summed E-state index contributed by atoms with van der Waals surface area (Å²) in [4.78, 5) is 20.5. The van der Waals surface area contributed by atoms with Gasteiger partial charge in [-0.15, -0.1) is 0 Å². The molecule has 136 valence electrons. The fourth-order valence-corrected chi connectivity index (χ4v) is 2.69. The fraction of sp³-hybridized carbons (Fsp3) is 0.150. The largest absolute Gasteiger partial charge is 0.454 e. The third-order valence-corrected chi connectivity index (χ3v) is 4.11. The molecule has 1 aliphatic rings. The highest BCUT2D eigenvalue weighted by molar-refractivity contribution is 5.92. The van der Waals surface area contributed by atoms with E-state index in [0.717, 1.165) is 22.6 Å². The van der Waals surface area contributed by atoms with Crippen molar-refractivity contribution < 1.29 is 14.3 Å². The molecular weight excluding hydrogens is 344 g/mol. The van der Waals surface area contributed by atoms with Crippen molar-refractivity contribution in [3.63, 3.8) is 0 Å². The van der Waals surface area contributed by atoms with E-state index in [-0.39, 0.29) is 12.7 Å². The lowest BCUT2D eigenvalue weighted by atomic mass is 10.2. The Morgan fingerprint density at radius 3 is 2.67 bits per heavy atom. The molecule has 7 nitrogen and oxygen atoms in total. The van der Waals surface area contributed by atoms with E-state index in [1.165, 1.54) is 6.33 Å². The zero-order valence-corrected chi connectivity index (χ0v) is 14.5. The molecule has 1 aromatic heterocycles. The zero-order chi connectivity index (χ0) is 18.5. The SMILES string of the molecule is O=C(NCc1ccccc1)c1cc(NCc2ccc3c(c2)OCO3)ncn1. The lowest BCUT2D eigenvalue weighted by molar-refractivity contribution is 0.0945. The molecule has 7 heteroatoms. The van der Waals surface area contributed by atoms with Crippen LogP contribution in [0.25, 0.3) is 0 Å². The summed E-state index contributed by atoms with van der Waals surface area (Å²) in [6.45, 7) is 1.24. The quantitative estimate of drug-likeness (QED) is 0.701.